The lowest BCUT2D eigenvalue weighted by atomic mass is 10.0. The van der Waals surface area contributed by atoms with Gasteiger partial charge < -0.3 is 14.6 Å². The van der Waals surface area contributed by atoms with E-state index in [1.54, 1.807) is 12.1 Å². The number of benzene rings is 1. The van der Waals surface area contributed by atoms with E-state index in [1.807, 2.05) is 7.05 Å². The average molecular weight is 290 g/mol. The van der Waals surface area contributed by atoms with Gasteiger partial charge in [0.1, 0.15) is 0 Å². The molecule has 0 saturated carbocycles. The van der Waals surface area contributed by atoms with E-state index in [2.05, 4.69) is 15.5 Å². The van der Waals surface area contributed by atoms with Gasteiger partial charge in [0.2, 0.25) is 11.7 Å². The molecule has 1 N–H and O–H groups in total. The summed E-state index contributed by atoms with van der Waals surface area (Å²) in [6.45, 7) is 1.14. The van der Waals surface area contributed by atoms with Gasteiger partial charge in [0.15, 0.2) is 0 Å². The summed E-state index contributed by atoms with van der Waals surface area (Å²) >= 11 is 0. The molecule has 2 aromatic rings. The third-order valence-corrected chi connectivity index (χ3v) is 3.55. The molecule has 1 aliphatic heterocycles. The minimum Gasteiger partial charge on any atom is -0.379 e. The zero-order chi connectivity index (χ0) is 14.8. The van der Waals surface area contributed by atoms with Gasteiger partial charge in [-0.3, -0.25) is 10.1 Å². The van der Waals surface area contributed by atoms with Gasteiger partial charge in [0.25, 0.3) is 5.69 Å². The molecule has 0 radical (unpaired) electrons. The maximum absolute atomic E-state index is 10.6. The van der Waals surface area contributed by atoms with E-state index in [9.17, 15) is 10.1 Å². The Balaban J connectivity index is 1.82. The zero-order valence-corrected chi connectivity index (χ0v) is 11.4. The summed E-state index contributed by atoms with van der Waals surface area (Å²) in [5.41, 5.74) is 0.706. The van der Waals surface area contributed by atoms with Crippen LogP contribution in [0.3, 0.4) is 0 Å². The fourth-order valence-corrected chi connectivity index (χ4v) is 2.32. The van der Waals surface area contributed by atoms with Crippen LogP contribution in [0.25, 0.3) is 11.4 Å². The lowest BCUT2D eigenvalue weighted by Crippen LogP contribution is -2.31. The monoisotopic (exact) mass is 290 g/mol. The number of likely N-dealkylation sites (N-methyl/N-ethyl adjacent to an activating group) is 1. The maximum Gasteiger partial charge on any atom is 0.269 e. The highest BCUT2D eigenvalue weighted by molar-refractivity contribution is 5.56. The third kappa shape index (κ3) is 2.63. The summed E-state index contributed by atoms with van der Waals surface area (Å²) < 4.78 is 10.7. The number of nitro groups is 1. The van der Waals surface area contributed by atoms with Crippen molar-refractivity contribution in [2.45, 2.75) is 12.0 Å². The first kappa shape index (κ1) is 13.7. The normalized spacial score (nSPS) is 21.6. The SMILES string of the molecule is CNC1COCC1c1nc(-c2ccc([N+](=O)[O-])cc2)no1. The fraction of sp³-hybridized carbons (Fsp3) is 0.385. The summed E-state index contributed by atoms with van der Waals surface area (Å²) in [6.07, 6.45) is 0. The standard InChI is InChI=1S/C13H14N4O4/c1-14-11-7-20-6-10(11)13-15-12(16-21-13)8-2-4-9(5-3-8)17(18)19/h2-5,10-11,14H,6-7H2,1H3. The number of hydrogen-bond acceptors (Lipinski definition) is 7. The molecule has 110 valence electrons. The molecule has 0 amide bonds. The van der Waals surface area contributed by atoms with Crippen LogP contribution in [-0.4, -0.2) is 41.4 Å². The van der Waals surface area contributed by atoms with Crippen molar-refractivity contribution in [2.24, 2.45) is 0 Å². The number of ether oxygens (including phenoxy) is 1. The molecule has 1 aromatic heterocycles. The van der Waals surface area contributed by atoms with Crippen molar-refractivity contribution < 1.29 is 14.2 Å². The van der Waals surface area contributed by atoms with Crippen molar-refractivity contribution in [2.75, 3.05) is 20.3 Å². The van der Waals surface area contributed by atoms with Gasteiger partial charge in [-0.1, -0.05) is 5.16 Å². The first-order valence-electron chi connectivity index (χ1n) is 6.52. The van der Waals surface area contributed by atoms with E-state index in [4.69, 9.17) is 9.26 Å². The van der Waals surface area contributed by atoms with Crippen molar-refractivity contribution in [1.29, 1.82) is 0 Å². The molecule has 2 heterocycles. The van der Waals surface area contributed by atoms with E-state index >= 15 is 0 Å². The summed E-state index contributed by atoms with van der Waals surface area (Å²) in [5, 5.41) is 17.7. The van der Waals surface area contributed by atoms with Gasteiger partial charge in [-0.05, 0) is 19.2 Å². The second kappa shape index (κ2) is 5.58. The molecular weight excluding hydrogens is 276 g/mol. The lowest BCUT2D eigenvalue weighted by molar-refractivity contribution is -0.384. The van der Waals surface area contributed by atoms with Crippen LogP contribution < -0.4 is 5.32 Å². The molecule has 0 spiro atoms. The molecule has 2 unspecified atom stereocenters. The van der Waals surface area contributed by atoms with Crippen LogP contribution >= 0.6 is 0 Å². The Kier molecular flexibility index (Phi) is 3.63. The first-order chi connectivity index (χ1) is 10.2. The van der Waals surface area contributed by atoms with Crippen LogP contribution in [-0.2, 0) is 4.74 Å². The Bertz CT molecular complexity index is 640. The minimum absolute atomic E-state index is 0.0225. The predicted octanol–water partition coefficient (Wildman–Crippen LogP) is 1.35. The van der Waals surface area contributed by atoms with E-state index in [0.29, 0.717) is 30.5 Å². The van der Waals surface area contributed by atoms with Crippen LogP contribution in [0.1, 0.15) is 11.8 Å². The number of nitrogens with one attached hydrogen (secondary N) is 1. The smallest absolute Gasteiger partial charge is 0.269 e. The zero-order valence-electron chi connectivity index (χ0n) is 11.4. The predicted molar refractivity (Wildman–Crippen MR) is 72.8 cm³/mol. The van der Waals surface area contributed by atoms with E-state index in [-0.39, 0.29) is 17.6 Å². The molecule has 1 aliphatic rings. The van der Waals surface area contributed by atoms with Gasteiger partial charge >= 0.3 is 0 Å². The van der Waals surface area contributed by atoms with Crippen LogP contribution in [0.4, 0.5) is 5.69 Å². The molecule has 0 aliphatic carbocycles. The van der Waals surface area contributed by atoms with Crippen molar-refractivity contribution >= 4 is 5.69 Å². The van der Waals surface area contributed by atoms with Gasteiger partial charge in [-0.2, -0.15) is 4.98 Å². The molecule has 0 bridgehead atoms. The minimum atomic E-state index is -0.446. The molecule has 8 heteroatoms. The molecular formula is C13H14N4O4. The molecule has 1 saturated heterocycles. The van der Waals surface area contributed by atoms with Gasteiger partial charge in [0, 0.05) is 23.7 Å². The highest BCUT2D eigenvalue weighted by atomic mass is 16.6. The Morgan fingerprint density at radius 2 is 2.10 bits per heavy atom. The topological polar surface area (TPSA) is 103 Å². The second-order valence-electron chi connectivity index (χ2n) is 4.80. The van der Waals surface area contributed by atoms with Gasteiger partial charge in [-0.25, -0.2) is 0 Å². The van der Waals surface area contributed by atoms with Gasteiger partial charge in [0.05, 0.1) is 24.1 Å². The van der Waals surface area contributed by atoms with E-state index < -0.39 is 4.92 Å². The highest BCUT2D eigenvalue weighted by Crippen LogP contribution is 2.27. The van der Waals surface area contributed by atoms with Crippen LogP contribution in [0.2, 0.25) is 0 Å². The van der Waals surface area contributed by atoms with Crippen LogP contribution in [0.5, 0.6) is 0 Å². The van der Waals surface area contributed by atoms with Crippen molar-refractivity contribution in [1.82, 2.24) is 15.5 Å². The molecule has 21 heavy (non-hydrogen) atoms. The number of rotatable bonds is 4. The molecule has 1 fully saturated rings. The Labute approximate surface area is 120 Å². The third-order valence-electron chi connectivity index (χ3n) is 3.55. The molecule has 1 aromatic carbocycles. The molecule has 2 atom stereocenters. The number of non-ortho nitro benzene ring substituents is 1. The van der Waals surface area contributed by atoms with E-state index in [0.717, 1.165) is 0 Å². The largest absolute Gasteiger partial charge is 0.379 e. The number of hydrogen-bond donors (Lipinski definition) is 1. The Hall–Kier alpha value is -2.32. The maximum atomic E-state index is 10.6. The highest BCUT2D eigenvalue weighted by Gasteiger charge is 2.33. The van der Waals surface area contributed by atoms with Crippen LogP contribution in [0.15, 0.2) is 28.8 Å². The average Bonchev–Trinajstić information content (AvgIpc) is 3.15. The quantitative estimate of drug-likeness (QED) is 0.669. The molecule has 3 rings (SSSR count). The summed E-state index contributed by atoms with van der Waals surface area (Å²) in [4.78, 5) is 14.6. The van der Waals surface area contributed by atoms with E-state index in [1.165, 1.54) is 12.1 Å². The summed E-state index contributed by atoms with van der Waals surface area (Å²) in [7, 11) is 1.86. The number of nitro benzene ring substituents is 1. The first-order valence-corrected chi connectivity index (χ1v) is 6.52. The number of nitrogens with zero attached hydrogens (tertiary/aromatic N) is 3. The van der Waals surface area contributed by atoms with Crippen molar-refractivity contribution in [3.05, 3.63) is 40.3 Å². The lowest BCUT2D eigenvalue weighted by Gasteiger charge is -2.11. The summed E-state index contributed by atoms with van der Waals surface area (Å²) in [5.74, 6) is 0.955. The fourth-order valence-electron chi connectivity index (χ4n) is 2.32. The second-order valence-corrected chi connectivity index (χ2v) is 4.80. The van der Waals surface area contributed by atoms with Crippen molar-refractivity contribution in [3.63, 3.8) is 0 Å². The molecule has 8 nitrogen and oxygen atoms in total. The van der Waals surface area contributed by atoms with Gasteiger partial charge in [-0.15, -0.1) is 0 Å². The Morgan fingerprint density at radius 1 is 1.33 bits per heavy atom. The van der Waals surface area contributed by atoms with Crippen molar-refractivity contribution in [3.8, 4) is 11.4 Å². The summed E-state index contributed by atoms with van der Waals surface area (Å²) in [6, 6.07) is 6.19. The number of aromatic nitrogens is 2. The Morgan fingerprint density at radius 3 is 2.76 bits per heavy atom. The van der Waals surface area contributed by atoms with Crippen LogP contribution in [0, 0.1) is 10.1 Å².